The third-order valence-electron chi connectivity index (χ3n) is 11.9. The second-order valence-electron chi connectivity index (χ2n) is 15.9. The van der Waals surface area contributed by atoms with E-state index in [4.69, 9.17) is 23.5 Å². The Balaban J connectivity index is 1.01. The number of carboxylic acids is 1. The predicted octanol–water partition coefficient (Wildman–Crippen LogP) is 7.77. The third-order valence-corrected chi connectivity index (χ3v) is 11.9. The first-order chi connectivity index (χ1) is 27.9. The summed E-state index contributed by atoms with van der Waals surface area (Å²) in [4.78, 5) is 39.5. The smallest absolute Gasteiger partial charge is 0.387 e. The fourth-order valence-corrected chi connectivity index (χ4v) is 9.24. The zero-order valence-corrected chi connectivity index (χ0v) is 32.2. The lowest BCUT2D eigenvalue weighted by molar-refractivity contribution is -0.142. The first-order valence-electron chi connectivity index (χ1n) is 19.2. The van der Waals surface area contributed by atoms with Crippen LogP contribution in [0.25, 0.3) is 56.2 Å². The van der Waals surface area contributed by atoms with Crippen LogP contribution in [-0.2, 0) is 22.7 Å². The molecule has 1 amide bonds. The number of carbonyl (C=O) groups excluding carboxylic acids is 1. The number of halogens is 2. The molecule has 3 aliphatic heterocycles. The number of fused-ring (bicyclic) bond motifs is 2. The molecule has 0 unspecified atom stereocenters. The third kappa shape index (κ3) is 6.63. The van der Waals surface area contributed by atoms with Gasteiger partial charge in [0.05, 0.1) is 5.56 Å². The standard InChI is InChI=1S/C44H40F2N6O6/c1-24-29(7-4-9-31(24)40-48-33-15-28(20-52-12-6-11-35(52)42(54)55)36(57-43(45)46)16-37(33)56-40)30-8-5-10-32(25(30)2)41-49-34-14-26(13-27(18-47)39(34)58-41)19-51-22-44(23-51)17-38(53)50(3)21-44/h4-5,7-10,13-16,35,43H,6,11-12,17,19-23H2,1-3H3,(H,54,55)/t35-/m0/s1. The summed E-state index contributed by atoms with van der Waals surface area (Å²) in [6, 6.07) is 20.1. The normalized spacial score (nSPS) is 18.2. The monoisotopic (exact) mass is 786 g/mol. The summed E-state index contributed by atoms with van der Waals surface area (Å²) in [5.74, 6) is -0.152. The molecule has 3 saturated heterocycles. The van der Waals surface area contributed by atoms with Crippen molar-refractivity contribution < 1.29 is 37.0 Å². The number of nitriles is 1. The molecule has 0 bridgehead atoms. The van der Waals surface area contributed by atoms with E-state index in [-0.39, 0.29) is 29.2 Å². The Hall–Kier alpha value is -6.17. The van der Waals surface area contributed by atoms with Gasteiger partial charge in [-0.1, -0.05) is 24.3 Å². The number of nitrogens with zero attached hydrogens (tertiary/aromatic N) is 6. The maximum absolute atomic E-state index is 13.5. The zero-order chi connectivity index (χ0) is 40.5. The number of rotatable bonds is 10. The van der Waals surface area contributed by atoms with Gasteiger partial charge in [0, 0.05) is 74.4 Å². The van der Waals surface area contributed by atoms with Crippen LogP contribution in [0.2, 0.25) is 0 Å². The Labute approximate surface area is 332 Å². The quantitative estimate of drug-likeness (QED) is 0.145. The van der Waals surface area contributed by atoms with Gasteiger partial charge in [-0.15, -0.1) is 0 Å². The molecule has 6 aromatic rings. The van der Waals surface area contributed by atoms with Gasteiger partial charge in [0.2, 0.25) is 17.7 Å². The van der Waals surface area contributed by atoms with Gasteiger partial charge in [0.15, 0.2) is 11.2 Å². The van der Waals surface area contributed by atoms with Crippen molar-refractivity contribution in [2.45, 2.75) is 58.9 Å². The molecular formula is C44H40F2N6O6. The van der Waals surface area contributed by atoms with Crippen molar-refractivity contribution in [1.82, 2.24) is 24.7 Å². The highest BCUT2D eigenvalue weighted by Gasteiger charge is 2.50. The minimum Gasteiger partial charge on any atom is -0.480 e. The van der Waals surface area contributed by atoms with Gasteiger partial charge in [-0.3, -0.25) is 19.4 Å². The summed E-state index contributed by atoms with van der Waals surface area (Å²) in [6.07, 6.45) is 1.75. The number of hydrogen-bond acceptors (Lipinski definition) is 10. The molecule has 296 valence electrons. The van der Waals surface area contributed by atoms with Crippen molar-refractivity contribution in [2.24, 2.45) is 5.41 Å². The largest absolute Gasteiger partial charge is 0.480 e. The molecule has 2 aromatic heterocycles. The van der Waals surface area contributed by atoms with E-state index in [0.717, 1.165) is 53.0 Å². The highest BCUT2D eigenvalue weighted by molar-refractivity contribution is 5.86. The van der Waals surface area contributed by atoms with Gasteiger partial charge in [0.25, 0.3) is 0 Å². The maximum atomic E-state index is 13.5. The van der Waals surface area contributed by atoms with Crippen molar-refractivity contribution in [3.8, 4) is 45.9 Å². The molecule has 3 fully saturated rings. The molecule has 12 nitrogen and oxygen atoms in total. The van der Waals surface area contributed by atoms with Crippen LogP contribution in [0.1, 0.15) is 47.1 Å². The molecule has 1 N–H and O–H groups in total. The number of ether oxygens (including phenoxy) is 1. The Bertz CT molecular complexity index is 2680. The van der Waals surface area contributed by atoms with Gasteiger partial charge in [-0.05, 0) is 91.4 Å². The average molecular weight is 787 g/mol. The van der Waals surface area contributed by atoms with Crippen molar-refractivity contribution >= 4 is 34.1 Å². The molecule has 0 aliphatic carbocycles. The van der Waals surface area contributed by atoms with Gasteiger partial charge < -0.3 is 23.6 Å². The topological polar surface area (TPSA) is 149 Å². The van der Waals surface area contributed by atoms with Crippen LogP contribution in [0, 0.1) is 30.6 Å². The molecule has 1 atom stereocenters. The van der Waals surface area contributed by atoms with E-state index in [2.05, 4.69) is 11.0 Å². The van der Waals surface area contributed by atoms with Crippen LogP contribution < -0.4 is 4.74 Å². The summed E-state index contributed by atoms with van der Waals surface area (Å²) in [6.45, 7) is 4.60. The summed E-state index contributed by atoms with van der Waals surface area (Å²) in [7, 11) is 1.85. The number of likely N-dealkylation sites (tertiary alicyclic amines) is 3. The molecular weight excluding hydrogens is 747 g/mol. The van der Waals surface area contributed by atoms with Crippen molar-refractivity contribution in [3.05, 3.63) is 88.5 Å². The molecule has 5 heterocycles. The number of benzene rings is 4. The number of oxazole rings is 2. The Morgan fingerprint density at radius 1 is 0.966 bits per heavy atom. The second kappa shape index (κ2) is 14.3. The molecule has 0 radical (unpaired) electrons. The highest BCUT2D eigenvalue weighted by atomic mass is 19.3. The Morgan fingerprint density at radius 3 is 2.28 bits per heavy atom. The predicted molar refractivity (Wildman–Crippen MR) is 210 cm³/mol. The number of alkyl halides is 2. The molecule has 1 spiro atoms. The van der Waals surface area contributed by atoms with Crippen LogP contribution >= 0.6 is 0 Å². The Kier molecular flexibility index (Phi) is 9.25. The van der Waals surface area contributed by atoms with Crippen molar-refractivity contribution in [1.29, 1.82) is 5.26 Å². The molecule has 4 aromatic carbocycles. The van der Waals surface area contributed by atoms with E-state index >= 15 is 0 Å². The lowest BCUT2D eigenvalue weighted by Gasteiger charge is -2.47. The molecule has 58 heavy (non-hydrogen) atoms. The van der Waals surface area contributed by atoms with Crippen molar-refractivity contribution in [3.63, 3.8) is 0 Å². The first-order valence-corrected chi connectivity index (χ1v) is 19.2. The van der Waals surface area contributed by atoms with Crippen LogP contribution in [0.5, 0.6) is 5.75 Å². The molecule has 14 heteroatoms. The fraction of sp³-hybridized carbons (Fsp3) is 0.341. The van der Waals surface area contributed by atoms with E-state index in [1.807, 2.05) is 74.3 Å². The number of carbonyl (C=O) groups is 2. The molecule has 9 rings (SSSR count). The first kappa shape index (κ1) is 37.4. The van der Waals surface area contributed by atoms with Gasteiger partial charge in [-0.2, -0.15) is 14.0 Å². The van der Waals surface area contributed by atoms with Crippen molar-refractivity contribution in [2.75, 3.05) is 33.2 Å². The van der Waals surface area contributed by atoms with Crippen LogP contribution in [-0.4, -0.2) is 87.5 Å². The lowest BCUT2D eigenvalue weighted by atomic mass is 9.78. The van der Waals surface area contributed by atoms with Gasteiger partial charge in [-0.25, -0.2) is 9.97 Å². The minimum absolute atomic E-state index is 0.0172. The average Bonchev–Trinajstić information content (AvgIpc) is 3.97. The number of aliphatic carboxylic acids is 1. The number of hydrogen-bond donors (Lipinski definition) is 1. The number of amides is 1. The Morgan fingerprint density at radius 2 is 1.64 bits per heavy atom. The fourth-order valence-electron chi connectivity index (χ4n) is 9.24. The maximum Gasteiger partial charge on any atom is 0.387 e. The van der Waals surface area contributed by atoms with Crippen LogP contribution in [0.3, 0.4) is 0 Å². The summed E-state index contributed by atoms with van der Waals surface area (Å²) >= 11 is 0. The summed E-state index contributed by atoms with van der Waals surface area (Å²) < 4.78 is 44.4. The number of carboxylic acid groups (broad SMARTS) is 1. The van der Waals surface area contributed by atoms with Gasteiger partial charge >= 0.3 is 12.6 Å². The van der Waals surface area contributed by atoms with E-state index in [1.54, 1.807) is 11.0 Å². The van der Waals surface area contributed by atoms with E-state index < -0.39 is 18.6 Å². The van der Waals surface area contributed by atoms with E-state index in [0.29, 0.717) is 77.4 Å². The number of aromatic nitrogens is 2. The molecule has 3 aliphatic rings. The van der Waals surface area contributed by atoms with Gasteiger partial charge in [0.1, 0.15) is 28.9 Å². The van der Waals surface area contributed by atoms with Crippen LogP contribution in [0.4, 0.5) is 8.78 Å². The van der Waals surface area contributed by atoms with E-state index in [1.165, 1.54) is 6.07 Å². The highest BCUT2D eigenvalue weighted by Crippen LogP contribution is 2.42. The summed E-state index contributed by atoms with van der Waals surface area (Å²) in [5, 5.41) is 19.8. The van der Waals surface area contributed by atoms with E-state index in [9.17, 15) is 28.7 Å². The zero-order valence-electron chi connectivity index (χ0n) is 32.2. The SMILES string of the molecule is Cc1c(-c2nc3cc(CN4CCC[C@H]4C(=O)O)c(OC(F)F)cc3o2)cccc1-c1cccc(-c2nc3cc(CN4CC5(CC(=O)N(C)C5)C4)cc(C#N)c3o2)c1C. The minimum atomic E-state index is -3.08. The second-order valence-corrected chi connectivity index (χ2v) is 15.9. The molecule has 0 saturated carbocycles. The summed E-state index contributed by atoms with van der Waals surface area (Å²) in [5.41, 5.74) is 8.60. The lowest BCUT2D eigenvalue weighted by Crippen LogP contribution is -2.56. The van der Waals surface area contributed by atoms with Crippen LogP contribution in [0.15, 0.2) is 69.5 Å².